The highest BCUT2D eigenvalue weighted by Gasteiger charge is 2.36. The summed E-state index contributed by atoms with van der Waals surface area (Å²) in [5, 5.41) is 0.748. The minimum absolute atomic E-state index is 0.748. The van der Waals surface area contributed by atoms with Gasteiger partial charge in [0, 0.05) is 5.02 Å². The second-order valence-electron chi connectivity index (χ2n) is 8.81. The molecule has 0 unspecified atom stereocenters. The van der Waals surface area contributed by atoms with Crippen LogP contribution in [0.15, 0.2) is 121 Å². The summed E-state index contributed by atoms with van der Waals surface area (Å²) in [4.78, 5) is 0. The van der Waals surface area contributed by atoms with Gasteiger partial charge in [0.05, 0.1) is 5.92 Å². The summed E-state index contributed by atoms with van der Waals surface area (Å²) in [6.45, 7) is 0. The van der Waals surface area contributed by atoms with Crippen LogP contribution in [0.4, 0.5) is 0 Å². The summed E-state index contributed by atoms with van der Waals surface area (Å²) in [6.07, 6.45) is 0. The van der Waals surface area contributed by atoms with Crippen LogP contribution in [-0.4, -0.2) is 0 Å². The van der Waals surface area contributed by atoms with Gasteiger partial charge in [0.25, 0.3) is 0 Å². The van der Waals surface area contributed by atoms with Gasteiger partial charge in [-0.05, 0) is 73.4 Å². The van der Waals surface area contributed by atoms with Crippen LogP contribution in [-0.2, 0) is 0 Å². The molecule has 5 aromatic carbocycles. The van der Waals surface area contributed by atoms with Gasteiger partial charge in [-0.25, -0.2) is 0 Å². The van der Waals surface area contributed by atoms with Crippen LogP contribution in [0.25, 0.3) is 33.4 Å². The highest BCUT2D eigenvalue weighted by molar-refractivity contribution is 6.30. The SMILES string of the molecule is Clc1ccc(C([C]2c3ccccc3-c3ccccc32)=C2c3ccccc3-c3ccccc32)cc1. The van der Waals surface area contributed by atoms with Gasteiger partial charge in [-0.15, -0.1) is 0 Å². The lowest BCUT2D eigenvalue weighted by Gasteiger charge is -2.22. The van der Waals surface area contributed by atoms with E-state index in [2.05, 4.69) is 109 Å². The molecule has 0 aromatic heterocycles. The third-order valence-electron chi connectivity index (χ3n) is 7.00. The minimum atomic E-state index is 0.748. The summed E-state index contributed by atoms with van der Waals surface area (Å²) in [7, 11) is 0. The van der Waals surface area contributed by atoms with E-state index in [-0.39, 0.29) is 0 Å². The van der Waals surface area contributed by atoms with E-state index in [1.165, 1.54) is 67.1 Å². The summed E-state index contributed by atoms with van der Waals surface area (Å²) in [5.41, 5.74) is 14.0. The van der Waals surface area contributed by atoms with Gasteiger partial charge in [0.1, 0.15) is 0 Å². The first-order valence-corrected chi connectivity index (χ1v) is 11.9. The van der Waals surface area contributed by atoms with Gasteiger partial charge in [0.2, 0.25) is 0 Å². The quantitative estimate of drug-likeness (QED) is 0.246. The molecule has 7 rings (SSSR count). The zero-order valence-corrected chi connectivity index (χ0v) is 19.2. The molecule has 0 aliphatic heterocycles. The Morgan fingerprint density at radius 2 is 0.735 bits per heavy atom. The maximum Gasteiger partial charge on any atom is 0.0654 e. The third kappa shape index (κ3) is 2.79. The topological polar surface area (TPSA) is 0 Å². The molecule has 0 N–H and O–H groups in total. The van der Waals surface area contributed by atoms with Crippen LogP contribution in [0.5, 0.6) is 0 Å². The van der Waals surface area contributed by atoms with Gasteiger partial charge in [-0.1, -0.05) is 121 Å². The van der Waals surface area contributed by atoms with Crippen LogP contribution in [0.2, 0.25) is 5.02 Å². The lowest BCUT2D eigenvalue weighted by atomic mass is 9.80. The number of allylic oxidation sites excluding steroid dienone is 1. The average molecular weight is 452 g/mol. The molecule has 2 aliphatic rings. The van der Waals surface area contributed by atoms with Gasteiger partial charge >= 0.3 is 0 Å². The van der Waals surface area contributed by atoms with Crippen molar-refractivity contribution >= 4 is 22.7 Å². The zero-order valence-electron chi connectivity index (χ0n) is 18.4. The largest absolute Gasteiger partial charge is 0.0843 e. The molecule has 0 atom stereocenters. The lowest BCUT2D eigenvalue weighted by Crippen LogP contribution is -2.05. The van der Waals surface area contributed by atoms with Gasteiger partial charge in [0.15, 0.2) is 0 Å². The molecule has 0 nitrogen and oxygen atoms in total. The predicted molar refractivity (Wildman–Crippen MR) is 143 cm³/mol. The van der Waals surface area contributed by atoms with Crippen molar-refractivity contribution in [1.29, 1.82) is 0 Å². The number of hydrogen-bond acceptors (Lipinski definition) is 0. The van der Waals surface area contributed by atoms with Gasteiger partial charge in [-0.3, -0.25) is 0 Å². The van der Waals surface area contributed by atoms with E-state index in [1.54, 1.807) is 0 Å². The molecule has 0 saturated carbocycles. The number of rotatable bonds is 2. The molecule has 34 heavy (non-hydrogen) atoms. The van der Waals surface area contributed by atoms with Crippen LogP contribution < -0.4 is 0 Å². The highest BCUT2D eigenvalue weighted by Crippen LogP contribution is 2.55. The van der Waals surface area contributed by atoms with E-state index in [1.807, 2.05) is 12.1 Å². The normalized spacial score (nSPS) is 13.3. The van der Waals surface area contributed by atoms with Crippen LogP contribution in [0, 0.1) is 5.92 Å². The maximum absolute atomic E-state index is 6.34. The Kier molecular flexibility index (Phi) is 4.37. The van der Waals surface area contributed by atoms with E-state index in [9.17, 15) is 0 Å². The van der Waals surface area contributed by atoms with Crippen molar-refractivity contribution in [2.24, 2.45) is 0 Å². The number of hydrogen-bond donors (Lipinski definition) is 0. The Labute approximate surface area is 204 Å². The molecule has 0 amide bonds. The summed E-state index contributed by atoms with van der Waals surface area (Å²) >= 11 is 6.34. The maximum atomic E-state index is 6.34. The molecule has 1 heteroatoms. The van der Waals surface area contributed by atoms with E-state index in [4.69, 9.17) is 11.6 Å². The van der Waals surface area contributed by atoms with Crippen molar-refractivity contribution in [3.63, 3.8) is 0 Å². The van der Waals surface area contributed by atoms with Crippen molar-refractivity contribution < 1.29 is 0 Å². The number of benzene rings is 5. The van der Waals surface area contributed by atoms with Crippen LogP contribution >= 0.6 is 11.6 Å². The van der Waals surface area contributed by atoms with Crippen molar-refractivity contribution in [1.82, 2.24) is 0 Å². The van der Waals surface area contributed by atoms with E-state index in [0.717, 1.165) is 5.02 Å². The Hall–Kier alpha value is -3.87. The first-order valence-electron chi connectivity index (χ1n) is 11.6. The monoisotopic (exact) mass is 451 g/mol. The van der Waals surface area contributed by atoms with Crippen molar-refractivity contribution in [3.05, 3.63) is 160 Å². The summed E-state index contributed by atoms with van der Waals surface area (Å²) < 4.78 is 0. The van der Waals surface area contributed by atoms with Crippen LogP contribution in [0.3, 0.4) is 0 Å². The molecule has 0 heterocycles. The molecular weight excluding hydrogens is 432 g/mol. The Morgan fingerprint density at radius 1 is 0.382 bits per heavy atom. The highest BCUT2D eigenvalue weighted by atomic mass is 35.5. The fourth-order valence-corrected chi connectivity index (χ4v) is 5.73. The molecule has 5 aromatic rings. The minimum Gasteiger partial charge on any atom is -0.0843 e. The molecule has 1 radical (unpaired) electrons. The molecule has 159 valence electrons. The predicted octanol–water partition coefficient (Wildman–Crippen LogP) is 8.93. The van der Waals surface area contributed by atoms with E-state index < -0.39 is 0 Å². The standard InChI is InChI=1S/C33H20Cl/c34-22-19-17-21(18-20-22)31(32-27-13-5-1-9-23(27)24-10-2-6-14-28(24)32)33-29-15-7-3-11-25(29)26-12-4-8-16-30(26)33/h1-20H. The summed E-state index contributed by atoms with van der Waals surface area (Å²) in [6, 6.07) is 43.4. The second-order valence-corrected chi connectivity index (χ2v) is 9.25. The second kappa shape index (κ2) is 7.58. The fourth-order valence-electron chi connectivity index (χ4n) is 5.60. The fraction of sp³-hybridized carbons (Fsp3) is 0. The summed E-state index contributed by atoms with van der Waals surface area (Å²) in [5.74, 6) is 1.29. The molecule has 0 spiro atoms. The lowest BCUT2D eigenvalue weighted by molar-refractivity contribution is 1.36. The van der Waals surface area contributed by atoms with Gasteiger partial charge < -0.3 is 0 Å². The molecule has 0 saturated heterocycles. The number of fused-ring (bicyclic) bond motifs is 6. The van der Waals surface area contributed by atoms with Crippen molar-refractivity contribution in [2.45, 2.75) is 0 Å². The van der Waals surface area contributed by atoms with Crippen molar-refractivity contribution in [2.75, 3.05) is 0 Å². The third-order valence-corrected chi connectivity index (χ3v) is 7.25. The average Bonchev–Trinajstić information content (AvgIpc) is 3.40. The first kappa shape index (κ1) is 19.6. The Bertz CT molecular complexity index is 1510. The Balaban J connectivity index is 1.63. The number of halogens is 1. The van der Waals surface area contributed by atoms with Crippen molar-refractivity contribution in [3.8, 4) is 22.3 Å². The van der Waals surface area contributed by atoms with Crippen LogP contribution in [0.1, 0.15) is 27.8 Å². The zero-order chi connectivity index (χ0) is 22.6. The molecular formula is C33H20Cl. The molecule has 0 fully saturated rings. The Morgan fingerprint density at radius 3 is 1.18 bits per heavy atom. The van der Waals surface area contributed by atoms with E-state index in [0.29, 0.717) is 0 Å². The van der Waals surface area contributed by atoms with Gasteiger partial charge in [-0.2, -0.15) is 0 Å². The molecule has 0 bridgehead atoms. The van der Waals surface area contributed by atoms with E-state index >= 15 is 0 Å². The smallest absolute Gasteiger partial charge is 0.0654 e. The first-order chi connectivity index (χ1) is 16.8. The molecule has 2 aliphatic carbocycles.